The van der Waals surface area contributed by atoms with Gasteiger partial charge in [0.25, 0.3) is 0 Å². The fourth-order valence-corrected chi connectivity index (χ4v) is 5.57. The van der Waals surface area contributed by atoms with Gasteiger partial charge in [-0.05, 0) is 12.0 Å². The summed E-state index contributed by atoms with van der Waals surface area (Å²) in [7, 11) is 0.616. The van der Waals surface area contributed by atoms with E-state index in [4.69, 9.17) is 0 Å². The Balaban J connectivity index is 1.62. The van der Waals surface area contributed by atoms with E-state index in [9.17, 15) is 13.2 Å². The van der Waals surface area contributed by atoms with Gasteiger partial charge in [0.1, 0.15) is 0 Å². The molecule has 1 unspecified atom stereocenters. The summed E-state index contributed by atoms with van der Waals surface area (Å²) in [4.78, 5) is 18.3. The Morgan fingerprint density at radius 3 is 2.72 bits per heavy atom. The average Bonchev–Trinajstić information content (AvgIpc) is 3.15. The molecule has 2 heterocycles. The van der Waals surface area contributed by atoms with Gasteiger partial charge in [0.15, 0.2) is 15.0 Å². The maximum absolute atomic E-state index is 12.4. The highest BCUT2D eigenvalue weighted by molar-refractivity contribution is 7.99. The molecule has 3 rings (SSSR count). The Bertz CT molecular complexity index is 863. The Labute approximate surface area is 152 Å². The lowest BCUT2D eigenvalue weighted by Gasteiger charge is -2.23. The summed E-state index contributed by atoms with van der Waals surface area (Å²) in [6.07, 6.45) is 2.32. The molecule has 2 aromatic rings. The number of aromatic nitrogens is 2. The highest BCUT2D eigenvalue weighted by Crippen LogP contribution is 2.25. The largest absolute Gasteiger partial charge is 0.341 e. The fraction of sp³-hybridized carbons (Fsp3) is 0.412. The van der Waals surface area contributed by atoms with Crippen molar-refractivity contribution >= 4 is 27.5 Å². The summed E-state index contributed by atoms with van der Waals surface area (Å²) in [6, 6.07) is 9.75. The first-order valence-corrected chi connectivity index (χ1v) is 10.8. The van der Waals surface area contributed by atoms with E-state index in [-0.39, 0.29) is 29.2 Å². The minimum absolute atomic E-state index is 0.0699. The smallest absolute Gasteiger partial charge is 0.233 e. The van der Waals surface area contributed by atoms with Crippen molar-refractivity contribution in [1.82, 2.24) is 14.5 Å². The van der Waals surface area contributed by atoms with Gasteiger partial charge >= 0.3 is 0 Å². The first-order chi connectivity index (χ1) is 11.9. The van der Waals surface area contributed by atoms with E-state index in [1.165, 1.54) is 11.8 Å². The number of carbonyl (C=O) groups is 1. The van der Waals surface area contributed by atoms with Gasteiger partial charge in [-0.3, -0.25) is 4.79 Å². The molecule has 8 heteroatoms. The van der Waals surface area contributed by atoms with Crippen LogP contribution < -0.4 is 0 Å². The Hall–Kier alpha value is -1.80. The number of carbonyl (C=O) groups excluding carboxylic acids is 1. The summed E-state index contributed by atoms with van der Waals surface area (Å²) in [5.41, 5.74) is 2.06. The number of benzene rings is 1. The van der Waals surface area contributed by atoms with Gasteiger partial charge < -0.3 is 9.47 Å². The fourth-order valence-electron chi connectivity index (χ4n) is 2.92. The van der Waals surface area contributed by atoms with Crippen molar-refractivity contribution in [2.75, 3.05) is 24.3 Å². The second-order valence-electron chi connectivity index (χ2n) is 6.20. The maximum Gasteiger partial charge on any atom is 0.233 e. The predicted octanol–water partition coefficient (Wildman–Crippen LogP) is 1.82. The van der Waals surface area contributed by atoms with Crippen LogP contribution in [0.3, 0.4) is 0 Å². The summed E-state index contributed by atoms with van der Waals surface area (Å²) >= 11 is 1.37. The second kappa shape index (κ2) is 7.21. The highest BCUT2D eigenvalue weighted by Gasteiger charge is 2.32. The van der Waals surface area contributed by atoms with E-state index in [0.29, 0.717) is 6.42 Å². The molecule has 0 aliphatic carbocycles. The van der Waals surface area contributed by atoms with Crippen molar-refractivity contribution in [2.45, 2.75) is 17.6 Å². The predicted molar refractivity (Wildman–Crippen MR) is 99.2 cm³/mol. The zero-order chi connectivity index (χ0) is 18.0. The number of thioether (sulfide) groups is 1. The van der Waals surface area contributed by atoms with Gasteiger partial charge in [-0.1, -0.05) is 42.1 Å². The monoisotopic (exact) mass is 379 g/mol. The van der Waals surface area contributed by atoms with E-state index in [0.717, 1.165) is 16.4 Å². The van der Waals surface area contributed by atoms with Crippen LogP contribution in [0.1, 0.15) is 6.42 Å². The van der Waals surface area contributed by atoms with Gasteiger partial charge in [-0.2, -0.15) is 0 Å². The molecule has 6 nitrogen and oxygen atoms in total. The van der Waals surface area contributed by atoms with E-state index < -0.39 is 9.84 Å². The van der Waals surface area contributed by atoms with Crippen LogP contribution in [0.5, 0.6) is 0 Å². The molecule has 0 N–H and O–H groups in total. The molecule has 0 saturated carbocycles. The SMILES string of the molecule is CN(C(=O)CSc1ncc(-c2ccccc2)n1C)C1CCS(=O)(=O)C1. The normalized spacial score (nSPS) is 19.0. The van der Waals surface area contributed by atoms with E-state index in [2.05, 4.69) is 4.98 Å². The summed E-state index contributed by atoms with van der Waals surface area (Å²) in [5.74, 6) is 0.408. The van der Waals surface area contributed by atoms with Crippen molar-refractivity contribution in [3.05, 3.63) is 36.5 Å². The van der Waals surface area contributed by atoms with Crippen LogP contribution in [0.25, 0.3) is 11.3 Å². The molecule has 0 radical (unpaired) electrons. The number of hydrogen-bond donors (Lipinski definition) is 0. The van der Waals surface area contributed by atoms with E-state index in [1.54, 1.807) is 18.1 Å². The van der Waals surface area contributed by atoms with Crippen LogP contribution in [0, 0.1) is 0 Å². The number of nitrogens with zero attached hydrogens (tertiary/aromatic N) is 3. The molecule has 0 bridgehead atoms. The molecule has 1 amide bonds. The van der Waals surface area contributed by atoms with Crippen LogP contribution in [-0.2, 0) is 21.7 Å². The molecule has 0 spiro atoms. The lowest BCUT2D eigenvalue weighted by molar-refractivity contribution is -0.128. The first-order valence-electron chi connectivity index (χ1n) is 8.03. The van der Waals surface area contributed by atoms with Crippen LogP contribution in [0.15, 0.2) is 41.7 Å². The molecule has 1 aliphatic rings. The molecule has 1 aromatic heterocycles. The Kier molecular flexibility index (Phi) is 5.19. The number of hydrogen-bond acceptors (Lipinski definition) is 5. The number of sulfone groups is 1. The minimum atomic E-state index is -2.99. The van der Waals surface area contributed by atoms with Crippen LogP contribution in [0.2, 0.25) is 0 Å². The minimum Gasteiger partial charge on any atom is -0.341 e. The van der Waals surface area contributed by atoms with Crippen LogP contribution in [0.4, 0.5) is 0 Å². The zero-order valence-corrected chi connectivity index (χ0v) is 15.9. The van der Waals surface area contributed by atoms with Crippen molar-refractivity contribution in [3.8, 4) is 11.3 Å². The average molecular weight is 380 g/mol. The van der Waals surface area contributed by atoms with Crippen molar-refractivity contribution in [1.29, 1.82) is 0 Å². The van der Waals surface area contributed by atoms with Crippen molar-refractivity contribution in [3.63, 3.8) is 0 Å². The quantitative estimate of drug-likeness (QED) is 0.741. The molecule has 1 aliphatic heterocycles. The third-order valence-electron chi connectivity index (χ3n) is 4.49. The first kappa shape index (κ1) is 18.0. The third kappa shape index (κ3) is 4.07. The molecule has 1 saturated heterocycles. The molecule has 134 valence electrons. The number of imidazole rings is 1. The van der Waals surface area contributed by atoms with Gasteiger partial charge in [0.05, 0.1) is 29.1 Å². The molecular weight excluding hydrogens is 358 g/mol. The van der Waals surface area contributed by atoms with Gasteiger partial charge in [0.2, 0.25) is 5.91 Å². The number of amides is 1. The van der Waals surface area contributed by atoms with Gasteiger partial charge in [-0.15, -0.1) is 0 Å². The van der Waals surface area contributed by atoms with Crippen LogP contribution in [-0.4, -0.2) is 59.1 Å². The Morgan fingerprint density at radius 1 is 1.36 bits per heavy atom. The maximum atomic E-state index is 12.4. The van der Waals surface area contributed by atoms with Crippen molar-refractivity contribution < 1.29 is 13.2 Å². The third-order valence-corrected chi connectivity index (χ3v) is 7.27. The Morgan fingerprint density at radius 2 is 2.08 bits per heavy atom. The molecule has 25 heavy (non-hydrogen) atoms. The lowest BCUT2D eigenvalue weighted by Crippen LogP contribution is -2.38. The molecule has 1 fully saturated rings. The lowest BCUT2D eigenvalue weighted by atomic mass is 10.2. The van der Waals surface area contributed by atoms with Crippen molar-refractivity contribution in [2.24, 2.45) is 7.05 Å². The second-order valence-corrected chi connectivity index (χ2v) is 9.37. The highest BCUT2D eigenvalue weighted by atomic mass is 32.2. The molecule has 1 atom stereocenters. The van der Waals surface area contributed by atoms with Gasteiger partial charge in [0, 0.05) is 20.1 Å². The van der Waals surface area contributed by atoms with E-state index >= 15 is 0 Å². The summed E-state index contributed by atoms with van der Waals surface area (Å²) in [6.45, 7) is 0. The van der Waals surface area contributed by atoms with Crippen LogP contribution >= 0.6 is 11.8 Å². The van der Waals surface area contributed by atoms with E-state index in [1.807, 2.05) is 41.9 Å². The standard InChI is InChI=1S/C17H21N3O3S2/c1-19(14-8-9-25(22,23)12-14)16(21)11-24-17-18-10-15(20(17)2)13-6-4-3-5-7-13/h3-7,10,14H,8-9,11-12H2,1-2H3. The number of rotatable bonds is 5. The molecule has 1 aromatic carbocycles. The van der Waals surface area contributed by atoms with Gasteiger partial charge in [-0.25, -0.2) is 13.4 Å². The topological polar surface area (TPSA) is 72.3 Å². The summed E-state index contributed by atoms with van der Waals surface area (Å²) < 4.78 is 25.1. The molecular formula is C17H21N3O3S2. The zero-order valence-electron chi connectivity index (χ0n) is 14.3. The summed E-state index contributed by atoms with van der Waals surface area (Å²) in [5, 5.41) is 0.764.